The molecular weight excluding hydrogens is 436 g/mol. The van der Waals surface area contributed by atoms with Crippen molar-refractivity contribution in [2.75, 3.05) is 19.7 Å². The zero-order valence-electron chi connectivity index (χ0n) is 19.2. The van der Waals surface area contributed by atoms with Gasteiger partial charge in [0.05, 0.1) is 6.54 Å². The van der Waals surface area contributed by atoms with Crippen molar-refractivity contribution in [3.05, 3.63) is 59.7 Å². The second kappa shape index (κ2) is 9.85. The van der Waals surface area contributed by atoms with E-state index >= 15 is 0 Å². The second-order valence-electron chi connectivity index (χ2n) is 9.17. The molecule has 0 saturated carbocycles. The van der Waals surface area contributed by atoms with Gasteiger partial charge in [0.15, 0.2) is 5.60 Å². The number of β-amino-alcohol motifs (C(OH)–C–C–N with tert-alkyl or cyclic N) is 1. The lowest BCUT2D eigenvalue weighted by atomic mass is 9.92. The normalized spacial score (nSPS) is 20.2. The molecule has 0 radical (unpaired) electrons. The van der Waals surface area contributed by atoms with E-state index in [0.29, 0.717) is 19.4 Å². The Morgan fingerprint density at radius 3 is 2.35 bits per heavy atom. The van der Waals surface area contributed by atoms with Crippen molar-refractivity contribution in [3.63, 3.8) is 0 Å². The van der Waals surface area contributed by atoms with Gasteiger partial charge in [-0.1, -0.05) is 48.5 Å². The topological polar surface area (TPSA) is 116 Å². The fourth-order valence-corrected chi connectivity index (χ4v) is 4.84. The number of likely N-dealkylation sites (tertiary alicyclic amines) is 1. The van der Waals surface area contributed by atoms with Crippen LogP contribution in [-0.2, 0) is 14.3 Å². The van der Waals surface area contributed by atoms with Crippen LogP contribution in [0.25, 0.3) is 11.1 Å². The maximum Gasteiger partial charge on any atom is 0.407 e. The number of amides is 2. The predicted octanol–water partition coefficient (Wildman–Crippen LogP) is 3.13. The molecule has 1 fully saturated rings. The lowest BCUT2D eigenvalue weighted by Crippen LogP contribution is -2.54. The Labute approximate surface area is 198 Å². The maximum atomic E-state index is 12.5. The number of carboxylic acids is 1. The van der Waals surface area contributed by atoms with Gasteiger partial charge in [-0.25, -0.2) is 9.59 Å². The summed E-state index contributed by atoms with van der Waals surface area (Å²) in [5, 5.41) is 22.1. The number of hydrogen-bond acceptors (Lipinski definition) is 5. The Bertz CT molecular complexity index is 1040. The van der Waals surface area contributed by atoms with Gasteiger partial charge < -0.3 is 25.2 Å². The average molecular weight is 467 g/mol. The zero-order chi connectivity index (χ0) is 24.3. The van der Waals surface area contributed by atoms with Gasteiger partial charge >= 0.3 is 12.1 Å². The first-order valence-corrected chi connectivity index (χ1v) is 11.6. The molecule has 4 rings (SSSR count). The number of nitrogens with one attached hydrogen (secondary N) is 1. The number of rotatable bonds is 7. The fourth-order valence-electron chi connectivity index (χ4n) is 4.84. The van der Waals surface area contributed by atoms with E-state index in [0.717, 1.165) is 22.3 Å². The third-order valence-electron chi connectivity index (χ3n) is 6.72. The quantitative estimate of drug-likeness (QED) is 0.577. The number of alkyl carbamates (subject to hydrolysis) is 1. The first kappa shape index (κ1) is 23.8. The van der Waals surface area contributed by atoms with Crippen LogP contribution in [0, 0.1) is 0 Å². The van der Waals surface area contributed by atoms with Crippen LogP contribution in [0.1, 0.15) is 49.7 Å². The number of hydrogen-bond donors (Lipinski definition) is 3. The van der Waals surface area contributed by atoms with E-state index in [-0.39, 0.29) is 43.9 Å². The van der Waals surface area contributed by atoms with Crippen LogP contribution < -0.4 is 5.32 Å². The molecule has 0 bridgehead atoms. The molecular formula is C26H30N2O6. The van der Waals surface area contributed by atoms with Crippen LogP contribution in [0.15, 0.2) is 48.5 Å². The van der Waals surface area contributed by atoms with E-state index in [9.17, 15) is 24.6 Å². The molecule has 0 aromatic heterocycles. The van der Waals surface area contributed by atoms with Crippen LogP contribution in [0.5, 0.6) is 0 Å². The fraction of sp³-hybridized carbons (Fsp3) is 0.423. The highest BCUT2D eigenvalue weighted by molar-refractivity contribution is 5.81. The summed E-state index contributed by atoms with van der Waals surface area (Å²) in [6.07, 6.45) is 0.541. The van der Waals surface area contributed by atoms with E-state index in [1.54, 1.807) is 6.92 Å². The lowest BCUT2D eigenvalue weighted by Gasteiger charge is -2.36. The van der Waals surface area contributed by atoms with Crippen LogP contribution in [-0.4, -0.2) is 64.4 Å². The molecule has 2 aliphatic rings. The van der Waals surface area contributed by atoms with E-state index in [2.05, 4.69) is 29.6 Å². The molecule has 2 amide bonds. The molecule has 0 spiro atoms. The van der Waals surface area contributed by atoms with Crippen molar-refractivity contribution in [2.24, 2.45) is 0 Å². The molecule has 180 valence electrons. The highest BCUT2D eigenvalue weighted by atomic mass is 16.5. The highest BCUT2D eigenvalue weighted by Gasteiger charge is 2.41. The van der Waals surface area contributed by atoms with Gasteiger partial charge in [-0.2, -0.15) is 0 Å². The molecule has 1 aliphatic heterocycles. The summed E-state index contributed by atoms with van der Waals surface area (Å²) in [6.45, 7) is 2.21. The van der Waals surface area contributed by atoms with Gasteiger partial charge in [-0.3, -0.25) is 4.79 Å². The van der Waals surface area contributed by atoms with Gasteiger partial charge in [0, 0.05) is 24.9 Å². The lowest BCUT2D eigenvalue weighted by molar-refractivity contribution is -0.166. The number of piperidine rings is 1. The van der Waals surface area contributed by atoms with Crippen LogP contribution in [0.3, 0.4) is 0 Å². The SMILES string of the molecule is CC(CCC(=O)N1CCCC(O)(C(=O)O)C1)NC(=O)OCC1c2ccccc2-c2ccccc21. The number of benzene rings is 2. The number of nitrogens with zero attached hydrogens (tertiary/aromatic N) is 1. The molecule has 34 heavy (non-hydrogen) atoms. The Kier molecular flexibility index (Phi) is 6.88. The van der Waals surface area contributed by atoms with Crippen molar-refractivity contribution < 1.29 is 29.3 Å². The predicted molar refractivity (Wildman–Crippen MR) is 125 cm³/mol. The number of aliphatic carboxylic acids is 1. The highest BCUT2D eigenvalue weighted by Crippen LogP contribution is 2.44. The third kappa shape index (κ3) is 4.92. The minimum Gasteiger partial charge on any atom is -0.479 e. The molecule has 2 aromatic rings. The number of ether oxygens (including phenoxy) is 1. The van der Waals surface area contributed by atoms with Gasteiger partial charge in [-0.05, 0) is 48.4 Å². The molecule has 1 heterocycles. The molecule has 1 aliphatic carbocycles. The van der Waals surface area contributed by atoms with Gasteiger partial charge in [-0.15, -0.1) is 0 Å². The molecule has 8 nitrogen and oxygen atoms in total. The van der Waals surface area contributed by atoms with E-state index in [1.807, 2.05) is 24.3 Å². The van der Waals surface area contributed by atoms with Crippen LogP contribution in [0.2, 0.25) is 0 Å². The summed E-state index contributed by atoms with van der Waals surface area (Å²) in [6, 6.07) is 15.9. The minimum absolute atomic E-state index is 0.0258. The van der Waals surface area contributed by atoms with Gasteiger partial charge in [0.2, 0.25) is 5.91 Å². The number of carboxylic acid groups (broad SMARTS) is 1. The van der Waals surface area contributed by atoms with Crippen LogP contribution in [0.4, 0.5) is 4.79 Å². The molecule has 1 saturated heterocycles. The Morgan fingerprint density at radius 2 is 1.74 bits per heavy atom. The zero-order valence-corrected chi connectivity index (χ0v) is 19.2. The number of carbonyl (C=O) groups excluding carboxylic acids is 2. The van der Waals surface area contributed by atoms with E-state index < -0.39 is 17.7 Å². The molecule has 3 N–H and O–H groups in total. The molecule has 2 atom stereocenters. The minimum atomic E-state index is -1.89. The Balaban J connectivity index is 1.26. The summed E-state index contributed by atoms with van der Waals surface area (Å²) >= 11 is 0. The molecule has 2 unspecified atom stereocenters. The summed E-state index contributed by atoms with van der Waals surface area (Å²) in [7, 11) is 0. The smallest absolute Gasteiger partial charge is 0.407 e. The third-order valence-corrected chi connectivity index (χ3v) is 6.72. The maximum absolute atomic E-state index is 12.5. The van der Waals surface area contributed by atoms with Crippen LogP contribution >= 0.6 is 0 Å². The van der Waals surface area contributed by atoms with Gasteiger partial charge in [0.25, 0.3) is 0 Å². The monoisotopic (exact) mass is 466 g/mol. The van der Waals surface area contributed by atoms with Crippen molar-refractivity contribution in [1.29, 1.82) is 0 Å². The van der Waals surface area contributed by atoms with Crippen molar-refractivity contribution in [2.45, 2.75) is 50.2 Å². The average Bonchev–Trinajstić information content (AvgIpc) is 3.15. The van der Waals surface area contributed by atoms with Crippen molar-refractivity contribution in [1.82, 2.24) is 10.2 Å². The summed E-state index contributed by atoms with van der Waals surface area (Å²) in [4.78, 5) is 37.6. The first-order chi connectivity index (χ1) is 16.3. The number of fused-ring (bicyclic) bond motifs is 3. The Hall–Kier alpha value is -3.39. The largest absolute Gasteiger partial charge is 0.479 e. The Morgan fingerprint density at radius 1 is 1.12 bits per heavy atom. The molecule has 8 heteroatoms. The number of aliphatic hydroxyl groups is 1. The van der Waals surface area contributed by atoms with E-state index in [4.69, 9.17) is 4.74 Å². The van der Waals surface area contributed by atoms with Gasteiger partial charge in [0.1, 0.15) is 6.61 Å². The number of carbonyl (C=O) groups is 3. The second-order valence-corrected chi connectivity index (χ2v) is 9.17. The summed E-state index contributed by atoms with van der Waals surface area (Å²) in [5.41, 5.74) is 2.70. The van der Waals surface area contributed by atoms with Crippen molar-refractivity contribution >= 4 is 18.0 Å². The van der Waals surface area contributed by atoms with Crippen molar-refractivity contribution in [3.8, 4) is 11.1 Å². The standard InChI is InChI=1S/C26H30N2O6/c1-17(11-12-23(29)28-14-6-13-26(33,16-28)24(30)31)27-25(32)34-15-22-20-9-4-2-7-18(20)19-8-3-5-10-21(19)22/h2-5,7-10,17,22,33H,6,11-16H2,1H3,(H,27,32)(H,30,31). The summed E-state index contributed by atoms with van der Waals surface area (Å²) in [5.74, 6) is -1.57. The first-order valence-electron chi connectivity index (χ1n) is 11.6. The summed E-state index contributed by atoms with van der Waals surface area (Å²) < 4.78 is 5.54. The molecule has 2 aromatic carbocycles. The van der Waals surface area contributed by atoms with E-state index in [1.165, 1.54) is 4.90 Å².